The Kier molecular flexibility index (Phi) is 6.23. The third-order valence-corrected chi connectivity index (χ3v) is 2.43. The summed E-state index contributed by atoms with van der Waals surface area (Å²) >= 11 is 3.10. The summed E-state index contributed by atoms with van der Waals surface area (Å²) in [5, 5.41) is 13.0. The first-order valence-electron chi connectivity index (χ1n) is 5.28. The molecule has 6 nitrogen and oxygen atoms in total. The van der Waals surface area contributed by atoms with E-state index in [4.69, 9.17) is 9.84 Å². The summed E-state index contributed by atoms with van der Waals surface area (Å²) in [6.07, 6.45) is 0. The lowest BCUT2D eigenvalue weighted by atomic mass is 10.3. The number of hydrogen-bond acceptors (Lipinski definition) is 3. The van der Waals surface area contributed by atoms with Crippen molar-refractivity contribution in [3.63, 3.8) is 0 Å². The van der Waals surface area contributed by atoms with Gasteiger partial charge in [-0.3, -0.25) is 0 Å². The van der Waals surface area contributed by atoms with E-state index in [0.29, 0.717) is 4.47 Å². The van der Waals surface area contributed by atoms with Crippen molar-refractivity contribution in [2.45, 2.75) is 0 Å². The van der Waals surface area contributed by atoms with Gasteiger partial charge in [-0.05, 0) is 18.2 Å². The Balaban J connectivity index is 2.29. The van der Waals surface area contributed by atoms with Crippen LogP contribution in [0.25, 0.3) is 0 Å². The van der Waals surface area contributed by atoms with E-state index >= 15 is 0 Å². The number of aliphatic carboxylic acids is 1. The number of carboxylic acid groups (broad SMARTS) is 1. The van der Waals surface area contributed by atoms with Crippen LogP contribution in [0.3, 0.4) is 0 Å². The second-order valence-electron chi connectivity index (χ2n) is 3.45. The molecule has 0 radical (unpaired) electrons. The molecule has 0 fully saturated rings. The highest BCUT2D eigenvalue weighted by atomic mass is 79.9. The molecule has 1 aromatic rings. The number of amides is 2. The van der Waals surface area contributed by atoms with Crippen LogP contribution in [-0.2, 0) is 9.53 Å². The van der Waals surface area contributed by atoms with Gasteiger partial charge in [0.05, 0.1) is 12.3 Å². The van der Waals surface area contributed by atoms with E-state index < -0.39 is 24.4 Å². The molecule has 8 heteroatoms. The van der Waals surface area contributed by atoms with Crippen LogP contribution < -0.4 is 10.6 Å². The van der Waals surface area contributed by atoms with Crippen LogP contribution in [0.15, 0.2) is 22.7 Å². The first kappa shape index (κ1) is 15.4. The van der Waals surface area contributed by atoms with E-state index in [0.717, 1.165) is 0 Å². The molecule has 0 aliphatic heterocycles. The summed E-state index contributed by atoms with van der Waals surface area (Å²) in [5.41, 5.74) is 0.0483. The number of carboxylic acids is 1. The summed E-state index contributed by atoms with van der Waals surface area (Å²) in [4.78, 5) is 21.5. The SMILES string of the molecule is O=C(O)COCCNC(=O)Nc1ccc(Br)cc1F. The number of hydrogen-bond donors (Lipinski definition) is 3. The van der Waals surface area contributed by atoms with Crippen LogP contribution in [0.4, 0.5) is 14.9 Å². The quantitative estimate of drug-likeness (QED) is 0.692. The Morgan fingerprint density at radius 2 is 2.16 bits per heavy atom. The molecule has 1 rings (SSSR count). The van der Waals surface area contributed by atoms with Gasteiger partial charge in [-0.2, -0.15) is 0 Å². The fourth-order valence-corrected chi connectivity index (χ4v) is 1.49. The summed E-state index contributed by atoms with van der Waals surface area (Å²) in [6, 6.07) is 3.64. The van der Waals surface area contributed by atoms with Crippen LogP contribution in [0.1, 0.15) is 0 Å². The molecule has 0 heterocycles. The topological polar surface area (TPSA) is 87.7 Å². The Morgan fingerprint density at radius 1 is 1.42 bits per heavy atom. The molecule has 0 saturated carbocycles. The predicted octanol–water partition coefficient (Wildman–Crippen LogP) is 1.81. The Morgan fingerprint density at radius 3 is 2.79 bits per heavy atom. The van der Waals surface area contributed by atoms with Crippen molar-refractivity contribution in [1.29, 1.82) is 0 Å². The molecule has 0 bridgehead atoms. The monoisotopic (exact) mass is 334 g/mol. The summed E-state index contributed by atoms with van der Waals surface area (Å²) in [6.45, 7) is -0.246. The number of rotatable bonds is 6. The van der Waals surface area contributed by atoms with Crippen molar-refractivity contribution in [2.24, 2.45) is 0 Å². The highest BCUT2D eigenvalue weighted by Crippen LogP contribution is 2.18. The molecular weight excluding hydrogens is 323 g/mol. The maximum atomic E-state index is 13.4. The highest BCUT2D eigenvalue weighted by Gasteiger charge is 2.06. The molecule has 0 aliphatic rings. The molecule has 104 valence electrons. The summed E-state index contributed by atoms with van der Waals surface area (Å²) in [7, 11) is 0. The number of halogens is 2. The molecule has 2 amide bonds. The van der Waals surface area contributed by atoms with Crippen LogP contribution in [-0.4, -0.2) is 36.9 Å². The zero-order chi connectivity index (χ0) is 14.3. The maximum absolute atomic E-state index is 13.4. The largest absolute Gasteiger partial charge is 0.480 e. The third-order valence-electron chi connectivity index (χ3n) is 1.94. The second kappa shape index (κ2) is 7.70. The highest BCUT2D eigenvalue weighted by molar-refractivity contribution is 9.10. The number of anilines is 1. The first-order chi connectivity index (χ1) is 8.99. The Labute approximate surface area is 117 Å². The van der Waals surface area contributed by atoms with E-state index in [1.807, 2.05) is 0 Å². The van der Waals surface area contributed by atoms with Gasteiger partial charge in [0.25, 0.3) is 0 Å². The number of carbonyl (C=O) groups is 2. The molecule has 1 aromatic carbocycles. The minimum absolute atomic E-state index is 0.0483. The number of urea groups is 1. The average molecular weight is 335 g/mol. The van der Waals surface area contributed by atoms with Crippen LogP contribution in [0.5, 0.6) is 0 Å². The number of nitrogens with one attached hydrogen (secondary N) is 2. The fraction of sp³-hybridized carbons (Fsp3) is 0.273. The second-order valence-corrected chi connectivity index (χ2v) is 4.37. The number of ether oxygens (including phenoxy) is 1. The van der Waals surface area contributed by atoms with E-state index in [-0.39, 0.29) is 18.8 Å². The first-order valence-corrected chi connectivity index (χ1v) is 6.08. The maximum Gasteiger partial charge on any atom is 0.329 e. The van der Waals surface area contributed by atoms with Crippen molar-refractivity contribution in [3.8, 4) is 0 Å². The van der Waals surface area contributed by atoms with E-state index in [1.54, 1.807) is 6.07 Å². The van der Waals surface area contributed by atoms with Crippen molar-refractivity contribution >= 4 is 33.6 Å². The minimum atomic E-state index is -1.08. The Bertz CT molecular complexity index is 470. The van der Waals surface area contributed by atoms with Gasteiger partial charge in [-0.1, -0.05) is 15.9 Å². The van der Waals surface area contributed by atoms with Gasteiger partial charge in [-0.25, -0.2) is 14.0 Å². The normalized spacial score (nSPS) is 10.0. The molecule has 0 unspecified atom stereocenters. The van der Waals surface area contributed by atoms with Gasteiger partial charge in [0, 0.05) is 11.0 Å². The van der Waals surface area contributed by atoms with Gasteiger partial charge in [0.15, 0.2) is 0 Å². The van der Waals surface area contributed by atoms with Gasteiger partial charge in [0.2, 0.25) is 0 Å². The van der Waals surface area contributed by atoms with Crippen molar-refractivity contribution in [3.05, 3.63) is 28.5 Å². The summed E-state index contributed by atoms with van der Waals surface area (Å²) in [5.74, 6) is -1.65. The van der Waals surface area contributed by atoms with E-state index in [1.165, 1.54) is 12.1 Å². The van der Waals surface area contributed by atoms with Gasteiger partial charge < -0.3 is 20.5 Å². The molecule has 19 heavy (non-hydrogen) atoms. The average Bonchev–Trinajstić information content (AvgIpc) is 2.32. The predicted molar refractivity (Wildman–Crippen MR) is 69.6 cm³/mol. The lowest BCUT2D eigenvalue weighted by Gasteiger charge is -2.08. The lowest BCUT2D eigenvalue weighted by Crippen LogP contribution is -2.32. The smallest absolute Gasteiger partial charge is 0.329 e. The van der Waals surface area contributed by atoms with E-state index in [9.17, 15) is 14.0 Å². The van der Waals surface area contributed by atoms with Gasteiger partial charge in [0.1, 0.15) is 12.4 Å². The van der Waals surface area contributed by atoms with Crippen LogP contribution in [0, 0.1) is 5.82 Å². The molecule has 3 N–H and O–H groups in total. The minimum Gasteiger partial charge on any atom is -0.480 e. The van der Waals surface area contributed by atoms with Crippen molar-refractivity contribution in [1.82, 2.24) is 5.32 Å². The van der Waals surface area contributed by atoms with Gasteiger partial charge in [-0.15, -0.1) is 0 Å². The van der Waals surface area contributed by atoms with Crippen LogP contribution in [0.2, 0.25) is 0 Å². The fourth-order valence-electron chi connectivity index (χ4n) is 1.15. The van der Waals surface area contributed by atoms with Crippen molar-refractivity contribution in [2.75, 3.05) is 25.1 Å². The Hall–Kier alpha value is -1.67. The molecular formula is C11H12BrFN2O4. The molecule has 0 atom stereocenters. The molecule has 0 aromatic heterocycles. The van der Waals surface area contributed by atoms with Gasteiger partial charge >= 0.3 is 12.0 Å². The standard InChI is InChI=1S/C11H12BrFN2O4/c12-7-1-2-9(8(13)5-7)15-11(18)14-3-4-19-6-10(16)17/h1-2,5H,3-4,6H2,(H,16,17)(H2,14,15,18). The zero-order valence-electron chi connectivity index (χ0n) is 9.78. The number of carbonyl (C=O) groups excluding carboxylic acids is 1. The molecule has 0 aliphatic carbocycles. The van der Waals surface area contributed by atoms with Crippen molar-refractivity contribution < 1.29 is 23.8 Å². The zero-order valence-corrected chi connectivity index (χ0v) is 11.4. The molecule has 0 saturated heterocycles. The molecule has 0 spiro atoms. The lowest BCUT2D eigenvalue weighted by molar-refractivity contribution is -0.142. The number of benzene rings is 1. The third kappa shape index (κ3) is 6.16. The van der Waals surface area contributed by atoms with Crippen LogP contribution >= 0.6 is 15.9 Å². The summed E-state index contributed by atoms with van der Waals surface area (Å²) < 4.78 is 18.7. The van der Waals surface area contributed by atoms with E-state index in [2.05, 4.69) is 26.6 Å².